The Morgan fingerprint density at radius 1 is 1.26 bits per heavy atom. The summed E-state index contributed by atoms with van der Waals surface area (Å²) in [4.78, 5) is 6.20. The van der Waals surface area contributed by atoms with Gasteiger partial charge < -0.3 is 15.8 Å². The van der Waals surface area contributed by atoms with E-state index in [-0.39, 0.29) is 5.84 Å². The number of aromatic nitrogens is 1. The SMILES string of the molecule is Cc1ccc(N(C)c2ncccc2C(N)=NO)cc1. The van der Waals surface area contributed by atoms with Gasteiger partial charge in [-0.1, -0.05) is 22.9 Å². The Balaban J connectivity index is 2.44. The van der Waals surface area contributed by atoms with E-state index in [1.165, 1.54) is 5.56 Å². The van der Waals surface area contributed by atoms with Crippen LogP contribution < -0.4 is 10.6 Å². The van der Waals surface area contributed by atoms with E-state index in [0.717, 1.165) is 5.69 Å². The molecule has 0 atom stereocenters. The first-order valence-corrected chi connectivity index (χ1v) is 5.87. The third kappa shape index (κ3) is 2.65. The van der Waals surface area contributed by atoms with Crippen LogP contribution in [0.25, 0.3) is 0 Å². The van der Waals surface area contributed by atoms with Crippen LogP contribution in [0.2, 0.25) is 0 Å². The second kappa shape index (κ2) is 5.39. The molecule has 98 valence electrons. The second-order valence-electron chi connectivity index (χ2n) is 4.25. The molecule has 1 heterocycles. The maximum absolute atomic E-state index is 8.82. The number of hydrogen-bond acceptors (Lipinski definition) is 4. The van der Waals surface area contributed by atoms with Gasteiger partial charge in [0.2, 0.25) is 0 Å². The standard InChI is InChI=1S/C14H16N4O/c1-10-5-7-11(8-6-10)18(2)14-12(13(15)17-19)4-3-9-16-14/h3-9,19H,1-2H3,(H2,15,17). The number of benzene rings is 1. The average molecular weight is 256 g/mol. The molecule has 5 nitrogen and oxygen atoms in total. The molecule has 2 aromatic rings. The Bertz CT molecular complexity index is 593. The fourth-order valence-corrected chi connectivity index (χ4v) is 1.81. The third-order valence-corrected chi connectivity index (χ3v) is 2.91. The molecule has 0 fully saturated rings. The summed E-state index contributed by atoms with van der Waals surface area (Å²) in [6, 6.07) is 11.6. The minimum absolute atomic E-state index is 0.0436. The van der Waals surface area contributed by atoms with Crippen molar-refractivity contribution < 1.29 is 5.21 Å². The van der Waals surface area contributed by atoms with Gasteiger partial charge in [-0.05, 0) is 31.2 Å². The second-order valence-corrected chi connectivity index (χ2v) is 4.25. The summed E-state index contributed by atoms with van der Waals surface area (Å²) >= 11 is 0. The number of rotatable bonds is 3. The number of oxime groups is 1. The zero-order valence-corrected chi connectivity index (χ0v) is 10.9. The van der Waals surface area contributed by atoms with Crippen LogP contribution in [0.1, 0.15) is 11.1 Å². The Labute approximate surface area is 112 Å². The Morgan fingerprint density at radius 3 is 2.58 bits per heavy atom. The number of pyridine rings is 1. The van der Waals surface area contributed by atoms with E-state index in [4.69, 9.17) is 10.9 Å². The van der Waals surface area contributed by atoms with Crippen molar-refractivity contribution in [1.29, 1.82) is 0 Å². The van der Waals surface area contributed by atoms with E-state index in [1.54, 1.807) is 18.3 Å². The highest BCUT2D eigenvalue weighted by molar-refractivity contribution is 6.01. The van der Waals surface area contributed by atoms with Gasteiger partial charge in [0.1, 0.15) is 5.82 Å². The van der Waals surface area contributed by atoms with Crippen molar-refractivity contribution in [2.75, 3.05) is 11.9 Å². The molecule has 0 radical (unpaired) electrons. The van der Waals surface area contributed by atoms with Crippen molar-refractivity contribution in [2.45, 2.75) is 6.92 Å². The zero-order valence-electron chi connectivity index (χ0n) is 10.9. The van der Waals surface area contributed by atoms with Gasteiger partial charge in [0.15, 0.2) is 5.84 Å². The van der Waals surface area contributed by atoms with Crippen LogP contribution in [0, 0.1) is 6.92 Å². The monoisotopic (exact) mass is 256 g/mol. The highest BCUT2D eigenvalue weighted by atomic mass is 16.4. The van der Waals surface area contributed by atoms with Gasteiger partial charge in [-0.25, -0.2) is 4.98 Å². The molecule has 0 spiro atoms. The van der Waals surface area contributed by atoms with E-state index in [0.29, 0.717) is 11.4 Å². The lowest BCUT2D eigenvalue weighted by molar-refractivity contribution is 0.318. The van der Waals surface area contributed by atoms with Gasteiger partial charge >= 0.3 is 0 Å². The first-order chi connectivity index (χ1) is 9.13. The van der Waals surface area contributed by atoms with Gasteiger partial charge in [0.25, 0.3) is 0 Å². The van der Waals surface area contributed by atoms with Crippen LogP contribution in [0.3, 0.4) is 0 Å². The molecule has 5 heteroatoms. The Morgan fingerprint density at radius 2 is 1.95 bits per heavy atom. The van der Waals surface area contributed by atoms with Crippen LogP contribution >= 0.6 is 0 Å². The third-order valence-electron chi connectivity index (χ3n) is 2.91. The predicted molar refractivity (Wildman–Crippen MR) is 76.0 cm³/mol. The van der Waals surface area contributed by atoms with Crippen LogP contribution in [0.15, 0.2) is 47.8 Å². The van der Waals surface area contributed by atoms with E-state index in [9.17, 15) is 0 Å². The summed E-state index contributed by atoms with van der Waals surface area (Å²) in [6.45, 7) is 2.03. The van der Waals surface area contributed by atoms with Crippen LogP contribution in [-0.4, -0.2) is 23.1 Å². The van der Waals surface area contributed by atoms with Crippen molar-refractivity contribution in [3.63, 3.8) is 0 Å². The summed E-state index contributed by atoms with van der Waals surface area (Å²) in [7, 11) is 1.89. The summed E-state index contributed by atoms with van der Waals surface area (Å²) in [5.74, 6) is 0.684. The van der Waals surface area contributed by atoms with E-state index >= 15 is 0 Å². The maximum Gasteiger partial charge on any atom is 0.173 e. The number of anilines is 2. The van der Waals surface area contributed by atoms with Crippen molar-refractivity contribution in [3.05, 3.63) is 53.7 Å². The number of hydrogen-bond donors (Lipinski definition) is 2. The molecular formula is C14H16N4O. The molecule has 19 heavy (non-hydrogen) atoms. The van der Waals surface area contributed by atoms with Crippen LogP contribution in [-0.2, 0) is 0 Å². The molecule has 0 unspecified atom stereocenters. The molecule has 0 saturated carbocycles. The normalized spacial score (nSPS) is 11.4. The summed E-state index contributed by atoms with van der Waals surface area (Å²) in [5.41, 5.74) is 8.43. The quantitative estimate of drug-likeness (QED) is 0.382. The lowest BCUT2D eigenvalue weighted by atomic mass is 10.2. The maximum atomic E-state index is 8.82. The minimum atomic E-state index is 0.0436. The molecule has 0 aliphatic carbocycles. The zero-order chi connectivity index (χ0) is 13.8. The Kier molecular flexibility index (Phi) is 3.66. The smallest absolute Gasteiger partial charge is 0.173 e. The average Bonchev–Trinajstić information content (AvgIpc) is 2.46. The number of nitrogens with zero attached hydrogens (tertiary/aromatic N) is 3. The first-order valence-electron chi connectivity index (χ1n) is 5.87. The van der Waals surface area contributed by atoms with E-state index in [2.05, 4.69) is 10.1 Å². The molecule has 2 rings (SSSR count). The fourth-order valence-electron chi connectivity index (χ4n) is 1.81. The van der Waals surface area contributed by atoms with Crippen molar-refractivity contribution >= 4 is 17.3 Å². The van der Waals surface area contributed by atoms with Crippen molar-refractivity contribution in [2.24, 2.45) is 10.9 Å². The van der Waals surface area contributed by atoms with Gasteiger partial charge in [-0.2, -0.15) is 0 Å². The highest BCUT2D eigenvalue weighted by Crippen LogP contribution is 2.24. The summed E-state index contributed by atoms with van der Waals surface area (Å²) in [6.07, 6.45) is 1.67. The molecule has 0 saturated heterocycles. The minimum Gasteiger partial charge on any atom is -0.409 e. The van der Waals surface area contributed by atoms with E-state index < -0.39 is 0 Å². The summed E-state index contributed by atoms with van der Waals surface area (Å²) in [5, 5.41) is 11.9. The molecule has 0 aliphatic heterocycles. The van der Waals surface area contributed by atoms with Crippen molar-refractivity contribution in [3.8, 4) is 0 Å². The highest BCUT2D eigenvalue weighted by Gasteiger charge is 2.13. The van der Waals surface area contributed by atoms with Gasteiger partial charge in [-0.3, -0.25) is 0 Å². The molecule has 0 aliphatic rings. The van der Waals surface area contributed by atoms with Gasteiger partial charge in [0, 0.05) is 18.9 Å². The topological polar surface area (TPSA) is 74.7 Å². The molecule has 0 amide bonds. The van der Waals surface area contributed by atoms with Gasteiger partial charge in [-0.15, -0.1) is 0 Å². The fraction of sp³-hybridized carbons (Fsp3) is 0.143. The Hall–Kier alpha value is -2.56. The van der Waals surface area contributed by atoms with Crippen LogP contribution in [0.5, 0.6) is 0 Å². The predicted octanol–water partition coefficient (Wildman–Crippen LogP) is 2.25. The lowest BCUT2D eigenvalue weighted by Crippen LogP contribution is -2.20. The number of amidine groups is 1. The van der Waals surface area contributed by atoms with E-state index in [1.807, 2.05) is 43.1 Å². The molecule has 0 bridgehead atoms. The molecule has 1 aromatic carbocycles. The summed E-state index contributed by atoms with van der Waals surface area (Å²) < 4.78 is 0. The molecular weight excluding hydrogens is 240 g/mol. The largest absolute Gasteiger partial charge is 0.409 e. The van der Waals surface area contributed by atoms with Crippen LogP contribution in [0.4, 0.5) is 11.5 Å². The van der Waals surface area contributed by atoms with Gasteiger partial charge in [0.05, 0.1) is 5.56 Å². The molecule has 3 N–H and O–H groups in total. The lowest BCUT2D eigenvalue weighted by Gasteiger charge is -2.20. The first kappa shape index (κ1) is 12.9. The molecule has 1 aromatic heterocycles. The van der Waals surface area contributed by atoms with Crippen molar-refractivity contribution in [1.82, 2.24) is 4.98 Å². The number of nitrogens with two attached hydrogens (primary N) is 1. The number of aryl methyl sites for hydroxylation is 1.